The van der Waals surface area contributed by atoms with E-state index in [0.29, 0.717) is 23.0 Å². The van der Waals surface area contributed by atoms with Crippen LogP contribution in [0, 0.1) is 4.77 Å². The normalized spacial score (nSPS) is 24.9. The topological polar surface area (TPSA) is 71.4 Å². The number of ketones is 1. The average molecular weight is 369 g/mol. The summed E-state index contributed by atoms with van der Waals surface area (Å²) in [7, 11) is 0. The monoisotopic (exact) mass is 369 g/mol. The lowest BCUT2D eigenvalue weighted by Gasteiger charge is -2.26. The first-order valence-corrected chi connectivity index (χ1v) is 8.74. The molecule has 0 spiro atoms. The van der Waals surface area contributed by atoms with Crippen molar-refractivity contribution in [2.45, 2.75) is 24.9 Å². The summed E-state index contributed by atoms with van der Waals surface area (Å²) in [6.07, 6.45) is 0.891. The Morgan fingerprint density at radius 1 is 1.15 bits per heavy atom. The van der Waals surface area contributed by atoms with Gasteiger partial charge in [-0.25, -0.2) is 4.68 Å². The molecule has 8 heteroatoms. The number of ether oxygens (including phenoxy) is 2. The highest BCUT2D eigenvalue weighted by Gasteiger charge is 2.45. The minimum absolute atomic E-state index is 0.0838. The molecular weight excluding hydrogens is 354 g/mol. The maximum absolute atomic E-state index is 12.2. The molecule has 1 aromatic carbocycles. The quantitative estimate of drug-likeness (QED) is 0.661. The highest BCUT2D eigenvalue weighted by atomic mass is 32.1. The zero-order valence-electron chi connectivity index (χ0n) is 13.6. The van der Waals surface area contributed by atoms with Crippen molar-refractivity contribution in [3.05, 3.63) is 53.5 Å². The third-order valence-corrected chi connectivity index (χ3v) is 5.05. The lowest BCUT2D eigenvalue weighted by atomic mass is 10.0. The molecule has 0 saturated carbocycles. The van der Waals surface area contributed by atoms with Crippen molar-refractivity contribution in [3.8, 4) is 17.3 Å². The Hall–Kier alpha value is -2.55. The van der Waals surface area contributed by atoms with Crippen LogP contribution in [0.5, 0.6) is 0 Å². The van der Waals surface area contributed by atoms with Gasteiger partial charge in [0, 0.05) is 6.42 Å². The maximum atomic E-state index is 12.2. The van der Waals surface area contributed by atoms with Crippen LogP contribution >= 0.6 is 12.2 Å². The van der Waals surface area contributed by atoms with Gasteiger partial charge in [-0.05, 0) is 36.5 Å². The van der Waals surface area contributed by atoms with Crippen molar-refractivity contribution >= 4 is 18.0 Å². The van der Waals surface area contributed by atoms with Crippen LogP contribution in [0.25, 0.3) is 17.3 Å². The Morgan fingerprint density at radius 2 is 2.00 bits per heavy atom. The summed E-state index contributed by atoms with van der Waals surface area (Å²) in [5.41, 5.74) is 0.874. The number of carbonyl (C=O) groups is 1. The number of benzene rings is 1. The molecule has 26 heavy (non-hydrogen) atoms. The molecule has 3 aromatic rings. The standard InChI is InChI=1S/C18H15N3O4S/c22-13-9-12(15-10-24-17(13)25-15)21-18(26)20(11-5-2-1-3-6-11)16(19-21)14-7-4-8-23-14/h1-8,12,15,17H,9-10H2/t12-,15+,17+/m0/s1. The molecule has 2 aliphatic rings. The molecule has 3 atom stereocenters. The van der Waals surface area contributed by atoms with Crippen LogP contribution in [0.3, 0.4) is 0 Å². The number of carbonyl (C=O) groups excluding carboxylic acids is 1. The Kier molecular flexibility index (Phi) is 3.63. The Bertz CT molecular complexity index is 1010. The molecule has 0 unspecified atom stereocenters. The van der Waals surface area contributed by atoms with E-state index in [0.717, 1.165) is 5.69 Å². The van der Waals surface area contributed by atoms with Crippen LogP contribution in [-0.2, 0) is 14.3 Å². The van der Waals surface area contributed by atoms with Gasteiger partial charge in [0.05, 0.1) is 24.6 Å². The van der Waals surface area contributed by atoms with Gasteiger partial charge in [-0.1, -0.05) is 18.2 Å². The lowest BCUT2D eigenvalue weighted by molar-refractivity contribution is -0.156. The Morgan fingerprint density at radius 3 is 2.77 bits per heavy atom. The number of nitrogens with zero attached hydrogens (tertiary/aromatic N) is 3. The first kappa shape index (κ1) is 15.7. The maximum Gasteiger partial charge on any atom is 0.218 e. The van der Waals surface area contributed by atoms with E-state index >= 15 is 0 Å². The van der Waals surface area contributed by atoms with Crippen molar-refractivity contribution in [2.75, 3.05) is 6.61 Å². The number of furan rings is 1. The number of para-hydroxylation sites is 1. The molecule has 2 bridgehead atoms. The summed E-state index contributed by atoms with van der Waals surface area (Å²) in [5.74, 6) is 1.10. The molecule has 0 N–H and O–H groups in total. The minimum Gasteiger partial charge on any atom is -0.461 e. The molecule has 2 aromatic heterocycles. The van der Waals surface area contributed by atoms with Crippen LogP contribution in [-0.4, -0.2) is 39.1 Å². The third-order valence-electron chi connectivity index (χ3n) is 4.68. The van der Waals surface area contributed by atoms with Crippen LogP contribution < -0.4 is 0 Å². The van der Waals surface area contributed by atoms with E-state index in [1.807, 2.05) is 41.0 Å². The zero-order valence-corrected chi connectivity index (χ0v) is 14.5. The highest BCUT2D eigenvalue weighted by Crippen LogP contribution is 2.34. The lowest BCUT2D eigenvalue weighted by Crippen LogP contribution is -2.37. The SMILES string of the molecule is O=C1C[C@H](n2nc(-c3ccco3)n(-c3ccccc3)c2=S)[C@H]2CO[C@@H]1O2. The van der Waals surface area contributed by atoms with E-state index in [1.165, 1.54) is 0 Å². The molecule has 4 heterocycles. The molecule has 2 aliphatic heterocycles. The fraction of sp³-hybridized carbons (Fsp3) is 0.278. The smallest absolute Gasteiger partial charge is 0.218 e. The van der Waals surface area contributed by atoms with Crippen molar-refractivity contribution in [1.29, 1.82) is 0 Å². The predicted molar refractivity (Wildman–Crippen MR) is 93.4 cm³/mol. The molecule has 0 amide bonds. The van der Waals surface area contributed by atoms with Gasteiger partial charge in [0.1, 0.15) is 6.10 Å². The van der Waals surface area contributed by atoms with E-state index in [9.17, 15) is 4.79 Å². The second-order valence-corrected chi connectivity index (χ2v) is 6.64. The summed E-state index contributed by atoms with van der Waals surface area (Å²) >= 11 is 5.72. The molecule has 0 aliphatic carbocycles. The number of hydrogen-bond donors (Lipinski definition) is 0. The van der Waals surface area contributed by atoms with E-state index in [2.05, 4.69) is 0 Å². The van der Waals surface area contributed by atoms with Crippen LogP contribution in [0.1, 0.15) is 12.5 Å². The zero-order chi connectivity index (χ0) is 17.7. The largest absolute Gasteiger partial charge is 0.461 e. The summed E-state index contributed by atoms with van der Waals surface area (Å²) in [5, 5.41) is 4.70. The molecule has 5 rings (SSSR count). The molecule has 2 fully saturated rings. The number of hydrogen-bond acceptors (Lipinski definition) is 6. The summed E-state index contributed by atoms with van der Waals surface area (Å²) in [4.78, 5) is 12.2. The second kappa shape index (κ2) is 6.01. The van der Waals surface area contributed by atoms with Crippen molar-refractivity contribution < 1.29 is 18.7 Å². The molecule has 0 radical (unpaired) electrons. The molecule has 132 valence electrons. The van der Waals surface area contributed by atoms with E-state index in [1.54, 1.807) is 17.0 Å². The average Bonchev–Trinajstić information content (AvgIpc) is 3.39. The summed E-state index contributed by atoms with van der Waals surface area (Å²) in [6.45, 7) is 0.358. The number of Topliss-reactive ketones (excluding diaryl/α,β-unsaturated/α-hetero) is 1. The van der Waals surface area contributed by atoms with Gasteiger partial charge in [-0.3, -0.25) is 9.36 Å². The van der Waals surface area contributed by atoms with Crippen molar-refractivity contribution in [3.63, 3.8) is 0 Å². The van der Waals surface area contributed by atoms with Gasteiger partial charge in [-0.2, -0.15) is 0 Å². The Labute approximate surface area is 153 Å². The van der Waals surface area contributed by atoms with Crippen LogP contribution in [0.15, 0.2) is 53.1 Å². The van der Waals surface area contributed by atoms with Crippen LogP contribution in [0.4, 0.5) is 0 Å². The predicted octanol–water partition coefficient (Wildman–Crippen LogP) is 2.92. The first-order chi connectivity index (χ1) is 12.7. The summed E-state index contributed by atoms with van der Waals surface area (Å²) in [6, 6.07) is 13.0. The number of rotatable bonds is 3. The van der Waals surface area contributed by atoms with Gasteiger partial charge >= 0.3 is 0 Å². The molecular formula is C18H15N3O4S. The first-order valence-electron chi connectivity index (χ1n) is 8.33. The second-order valence-electron chi connectivity index (χ2n) is 6.28. The van der Waals surface area contributed by atoms with E-state index in [4.69, 9.17) is 31.2 Å². The number of aromatic nitrogens is 3. The third kappa shape index (κ3) is 2.38. The highest BCUT2D eigenvalue weighted by molar-refractivity contribution is 7.71. The Balaban J connectivity index is 1.68. The molecule has 2 saturated heterocycles. The van der Waals surface area contributed by atoms with E-state index in [-0.39, 0.29) is 24.3 Å². The van der Waals surface area contributed by atoms with Crippen molar-refractivity contribution in [2.24, 2.45) is 0 Å². The van der Waals surface area contributed by atoms with Gasteiger partial charge in [0.25, 0.3) is 0 Å². The fourth-order valence-electron chi connectivity index (χ4n) is 3.44. The van der Waals surface area contributed by atoms with Gasteiger partial charge < -0.3 is 13.9 Å². The minimum atomic E-state index is -0.744. The van der Waals surface area contributed by atoms with Gasteiger partial charge in [0.15, 0.2) is 11.5 Å². The summed E-state index contributed by atoms with van der Waals surface area (Å²) < 4.78 is 20.6. The van der Waals surface area contributed by atoms with Crippen LogP contribution in [0.2, 0.25) is 0 Å². The molecule has 7 nitrogen and oxygen atoms in total. The fourth-order valence-corrected chi connectivity index (χ4v) is 3.81. The van der Waals surface area contributed by atoms with Crippen molar-refractivity contribution in [1.82, 2.24) is 14.3 Å². The van der Waals surface area contributed by atoms with Gasteiger partial charge in [0.2, 0.25) is 16.9 Å². The van der Waals surface area contributed by atoms with Gasteiger partial charge in [-0.15, -0.1) is 5.10 Å². The van der Waals surface area contributed by atoms with E-state index < -0.39 is 6.29 Å². The number of fused-ring (bicyclic) bond motifs is 2.